The van der Waals surface area contributed by atoms with Crippen molar-refractivity contribution in [3.63, 3.8) is 0 Å². The predicted octanol–water partition coefficient (Wildman–Crippen LogP) is 2.07. The summed E-state index contributed by atoms with van der Waals surface area (Å²) in [6.07, 6.45) is 0.790. The Morgan fingerprint density at radius 1 is 1.27 bits per heavy atom. The van der Waals surface area contributed by atoms with Crippen molar-refractivity contribution in [3.8, 4) is 0 Å². The predicted molar refractivity (Wildman–Crippen MR) is 64.3 cm³/mol. The molecule has 0 amide bonds. The molecule has 3 unspecified atom stereocenters. The number of hydrogen-bond acceptors (Lipinski definition) is 2. The van der Waals surface area contributed by atoms with Gasteiger partial charge in [-0.3, -0.25) is 0 Å². The van der Waals surface area contributed by atoms with Crippen molar-refractivity contribution in [2.24, 2.45) is 0 Å². The molecule has 1 saturated heterocycles. The lowest BCUT2D eigenvalue weighted by Crippen LogP contribution is -2.38. The summed E-state index contributed by atoms with van der Waals surface area (Å²) in [6, 6.07) is 10.4. The third-order valence-electron chi connectivity index (χ3n) is 3.14. The van der Waals surface area contributed by atoms with Gasteiger partial charge in [-0.1, -0.05) is 30.3 Å². The lowest BCUT2D eigenvalue weighted by molar-refractivity contribution is 0.0280. The van der Waals surface area contributed by atoms with Crippen molar-refractivity contribution in [3.05, 3.63) is 35.9 Å². The molecule has 0 spiro atoms. The van der Waals surface area contributed by atoms with Gasteiger partial charge in [0.15, 0.2) is 0 Å². The first-order valence-electron chi connectivity index (χ1n) is 5.17. The summed E-state index contributed by atoms with van der Waals surface area (Å²) in [4.78, 5) is 0. The maximum Gasteiger partial charge on any atom is 0.106 e. The molecule has 15 heavy (non-hydrogen) atoms. The van der Waals surface area contributed by atoms with Crippen LogP contribution in [-0.2, 0) is 5.60 Å². The summed E-state index contributed by atoms with van der Waals surface area (Å²) < 4.78 is 0. The Labute approximate surface area is 97.1 Å². The molecular formula is C12H18ClNO. The van der Waals surface area contributed by atoms with Crippen LogP contribution in [0.3, 0.4) is 0 Å². The van der Waals surface area contributed by atoms with Gasteiger partial charge in [0.25, 0.3) is 0 Å². The molecule has 1 aliphatic heterocycles. The first kappa shape index (κ1) is 12.5. The fourth-order valence-corrected chi connectivity index (χ4v) is 2.36. The first-order chi connectivity index (χ1) is 6.63. The number of benzene rings is 1. The van der Waals surface area contributed by atoms with Gasteiger partial charge in [-0.25, -0.2) is 0 Å². The third kappa shape index (κ3) is 2.17. The number of rotatable bonds is 1. The van der Waals surface area contributed by atoms with E-state index in [-0.39, 0.29) is 18.4 Å². The normalized spacial score (nSPS) is 34.9. The molecule has 2 rings (SSSR count). The Morgan fingerprint density at radius 2 is 1.87 bits per heavy atom. The van der Waals surface area contributed by atoms with E-state index < -0.39 is 5.60 Å². The van der Waals surface area contributed by atoms with Gasteiger partial charge in [0.1, 0.15) is 5.60 Å². The summed E-state index contributed by atoms with van der Waals surface area (Å²) in [6.45, 7) is 4.15. The standard InChI is InChI=1S/C12H17NO.ClH/c1-9-8-12(14,10(2)13-9)11-6-4-3-5-7-11;/h3-7,9-10,13-14H,8H2,1-2H3;1H. The van der Waals surface area contributed by atoms with Crippen molar-refractivity contribution in [1.82, 2.24) is 5.32 Å². The second-order valence-corrected chi connectivity index (χ2v) is 4.28. The minimum atomic E-state index is -0.694. The molecule has 1 aliphatic rings. The summed E-state index contributed by atoms with van der Waals surface area (Å²) in [5, 5.41) is 13.9. The minimum absolute atomic E-state index is 0. The van der Waals surface area contributed by atoms with E-state index in [2.05, 4.69) is 12.2 Å². The maximum atomic E-state index is 10.5. The average molecular weight is 228 g/mol. The first-order valence-corrected chi connectivity index (χ1v) is 5.17. The van der Waals surface area contributed by atoms with Crippen LogP contribution >= 0.6 is 12.4 Å². The average Bonchev–Trinajstić information content (AvgIpc) is 2.43. The van der Waals surface area contributed by atoms with Crippen LogP contribution in [0.25, 0.3) is 0 Å². The molecule has 1 aromatic rings. The Kier molecular flexibility index (Phi) is 3.77. The molecule has 3 atom stereocenters. The Morgan fingerprint density at radius 3 is 2.33 bits per heavy atom. The Hall–Kier alpha value is -0.570. The van der Waals surface area contributed by atoms with Crippen LogP contribution in [0.2, 0.25) is 0 Å². The SMILES string of the molecule is CC1CC(O)(c2ccccc2)C(C)N1.Cl. The number of nitrogens with one attached hydrogen (secondary N) is 1. The van der Waals surface area contributed by atoms with Gasteiger partial charge in [0.2, 0.25) is 0 Å². The maximum absolute atomic E-state index is 10.5. The van der Waals surface area contributed by atoms with E-state index in [0.717, 1.165) is 12.0 Å². The van der Waals surface area contributed by atoms with Gasteiger partial charge < -0.3 is 10.4 Å². The van der Waals surface area contributed by atoms with Gasteiger partial charge in [0.05, 0.1) is 0 Å². The smallest absolute Gasteiger partial charge is 0.106 e. The Bertz CT molecular complexity index is 317. The molecule has 0 aliphatic carbocycles. The van der Waals surface area contributed by atoms with E-state index >= 15 is 0 Å². The molecule has 0 radical (unpaired) electrons. The lowest BCUT2D eigenvalue weighted by Gasteiger charge is -2.27. The fourth-order valence-electron chi connectivity index (χ4n) is 2.36. The molecule has 2 N–H and O–H groups in total. The van der Waals surface area contributed by atoms with E-state index in [9.17, 15) is 5.11 Å². The number of aliphatic hydroxyl groups is 1. The van der Waals surface area contributed by atoms with Crippen LogP contribution in [0, 0.1) is 0 Å². The second-order valence-electron chi connectivity index (χ2n) is 4.28. The van der Waals surface area contributed by atoms with Gasteiger partial charge >= 0.3 is 0 Å². The van der Waals surface area contributed by atoms with Crippen LogP contribution in [0.15, 0.2) is 30.3 Å². The van der Waals surface area contributed by atoms with Crippen molar-refractivity contribution in [2.75, 3.05) is 0 Å². The highest BCUT2D eigenvalue weighted by Crippen LogP contribution is 2.34. The van der Waals surface area contributed by atoms with E-state index in [1.807, 2.05) is 37.3 Å². The monoisotopic (exact) mass is 227 g/mol. The molecule has 3 heteroatoms. The summed E-state index contributed by atoms with van der Waals surface area (Å²) in [5.41, 5.74) is 0.324. The van der Waals surface area contributed by atoms with E-state index in [1.165, 1.54) is 0 Å². The molecule has 0 bridgehead atoms. The van der Waals surface area contributed by atoms with E-state index in [0.29, 0.717) is 6.04 Å². The minimum Gasteiger partial charge on any atom is -0.383 e. The number of halogens is 1. The highest BCUT2D eigenvalue weighted by Gasteiger charge is 2.42. The van der Waals surface area contributed by atoms with Gasteiger partial charge in [-0.05, 0) is 25.8 Å². The van der Waals surface area contributed by atoms with Crippen LogP contribution in [-0.4, -0.2) is 17.2 Å². The van der Waals surface area contributed by atoms with Gasteiger partial charge in [0, 0.05) is 12.1 Å². The topological polar surface area (TPSA) is 32.3 Å². The molecule has 1 aromatic carbocycles. The van der Waals surface area contributed by atoms with E-state index in [4.69, 9.17) is 0 Å². The van der Waals surface area contributed by atoms with Crippen molar-refractivity contribution in [2.45, 2.75) is 38.0 Å². The summed E-state index contributed by atoms with van der Waals surface area (Å²) >= 11 is 0. The molecule has 1 heterocycles. The van der Waals surface area contributed by atoms with Crippen molar-refractivity contribution >= 4 is 12.4 Å². The highest BCUT2D eigenvalue weighted by molar-refractivity contribution is 5.85. The van der Waals surface area contributed by atoms with Crippen molar-refractivity contribution < 1.29 is 5.11 Å². The zero-order chi connectivity index (χ0) is 10.2. The largest absolute Gasteiger partial charge is 0.383 e. The van der Waals surface area contributed by atoms with Gasteiger partial charge in [-0.15, -0.1) is 12.4 Å². The molecule has 84 valence electrons. The zero-order valence-corrected chi connectivity index (χ0v) is 9.92. The Balaban J connectivity index is 0.00000112. The van der Waals surface area contributed by atoms with Gasteiger partial charge in [-0.2, -0.15) is 0 Å². The molecule has 0 saturated carbocycles. The summed E-state index contributed by atoms with van der Waals surface area (Å²) in [5.74, 6) is 0. The molecular weight excluding hydrogens is 210 g/mol. The van der Waals surface area contributed by atoms with Crippen molar-refractivity contribution in [1.29, 1.82) is 0 Å². The molecule has 2 nitrogen and oxygen atoms in total. The third-order valence-corrected chi connectivity index (χ3v) is 3.14. The zero-order valence-electron chi connectivity index (χ0n) is 9.10. The fraction of sp³-hybridized carbons (Fsp3) is 0.500. The molecule has 1 fully saturated rings. The summed E-state index contributed by atoms with van der Waals surface area (Å²) in [7, 11) is 0. The van der Waals surface area contributed by atoms with E-state index in [1.54, 1.807) is 0 Å². The molecule has 0 aromatic heterocycles. The van der Waals surface area contributed by atoms with Crippen LogP contribution < -0.4 is 5.32 Å². The quantitative estimate of drug-likeness (QED) is 0.770. The lowest BCUT2D eigenvalue weighted by atomic mass is 9.86. The highest BCUT2D eigenvalue weighted by atomic mass is 35.5. The van der Waals surface area contributed by atoms with Crippen LogP contribution in [0.4, 0.5) is 0 Å². The van der Waals surface area contributed by atoms with Crippen LogP contribution in [0.5, 0.6) is 0 Å². The second kappa shape index (κ2) is 4.52. The van der Waals surface area contributed by atoms with Crippen LogP contribution in [0.1, 0.15) is 25.8 Å². The number of hydrogen-bond donors (Lipinski definition) is 2.